The van der Waals surface area contributed by atoms with Crippen molar-refractivity contribution in [3.8, 4) is 6.07 Å². The third-order valence-corrected chi connectivity index (χ3v) is 5.44. The van der Waals surface area contributed by atoms with Crippen molar-refractivity contribution in [3.05, 3.63) is 33.1 Å². The average molecular weight is 363 g/mol. The largest absolute Gasteiger partial charge is 0.465 e. The lowest BCUT2D eigenvalue weighted by molar-refractivity contribution is -0.151. The lowest BCUT2D eigenvalue weighted by Gasteiger charge is -2.27. The zero-order valence-corrected chi connectivity index (χ0v) is 14.1. The molecule has 2 aliphatic carbocycles. The monoisotopic (exact) mass is 363 g/mol. The number of carbonyl (C=O) groups excluding carboxylic acids is 1. The quantitative estimate of drug-likeness (QED) is 0.596. The Kier molecular flexibility index (Phi) is 4.98. The minimum absolute atomic E-state index is 0.0876. The lowest BCUT2D eigenvalue weighted by Crippen LogP contribution is -2.49. The lowest BCUT2D eigenvalue weighted by atomic mass is 9.95. The van der Waals surface area contributed by atoms with Crippen LogP contribution in [0.15, 0.2) is 21.9 Å². The van der Waals surface area contributed by atoms with Crippen LogP contribution in [0.25, 0.3) is 0 Å². The standard InChI is InChI=1S/C17H21N3O6/c18-9-17(20-6-5-12(21)19-16(20)25)7-11(13(22)14(17)23)8-26-15(24)10-3-1-2-4-10/h5-6,10-11,13-14,22-23H,1-4,7-8H2,(H,19,21,25)/t11-,13?,14?,17+/m1/s1. The maximum Gasteiger partial charge on any atom is 0.329 e. The molecule has 9 heteroatoms. The van der Waals surface area contributed by atoms with Gasteiger partial charge in [0.1, 0.15) is 6.10 Å². The van der Waals surface area contributed by atoms with Gasteiger partial charge in [0.2, 0.25) is 0 Å². The molecule has 2 unspecified atom stereocenters. The van der Waals surface area contributed by atoms with E-state index in [1.165, 1.54) is 0 Å². The molecular weight excluding hydrogens is 342 g/mol. The Balaban J connectivity index is 1.79. The van der Waals surface area contributed by atoms with Gasteiger partial charge in [0.25, 0.3) is 5.56 Å². The number of rotatable bonds is 4. The number of nitrogens with one attached hydrogen (secondary N) is 1. The molecule has 2 fully saturated rings. The summed E-state index contributed by atoms with van der Waals surface area (Å²) in [6, 6.07) is 2.96. The van der Waals surface area contributed by atoms with Crippen LogP contribution in [0.1, 0.15) is 32.1 Å². The number of nitriles is 1. The van der Waals surface area contributed by atoms with E-state index in [4.69, 9.17) is 4.74 Å². The van der Waals surface area contributed by atoms with Crippen molar-refractivity contribution in [2.24, 2.45) is 11.8 Å². The molecule has 3 N–H and O–H groups in total. The van der Waals surface area contributed by atoms with E-state index in [9.17, 15) is 29.9 Å². The van der Waals surface area contributed by atoms with Gasteiger partial charge in [-0.2, -0.15) is 5.26 Å². The minimum Gasteiger partial charge on any atom is -0.465 e. The van der Waals surface area contributed by atoms with E-state index >= 15 is 0 Å². The molecule has 9 nitrogen and oxygen atoms in total. The number of aliphatic hydroxyl groups excluding tert-OH is 2. The number of carbonyl (C=O) groups is 1. The highest BCUT2D eigenvalue weighted by atomic mass is 16.5. The number of aliphatic hydroxyl groups is 2. The molecule has 0 amide bonds. The summed E-state index contributed by atoms with van der Waals surface area (Å²) in [6.45, 7) is -0.144. The minimum atomic E-state index is -1.74. The molecule has 1 aromatic rings. The molecule has 140 valence electrons. The number of esters is 1. The van der Waals surface area contributed by atoms with Crippen LogP contribution in [0.5, 0.6) is 0 Å². The third kappa shape index (κ3) is 3.06. The Hall–Kier alpha value is -2.44. The molecule has 0 saturated heterocycles. The second-order valence-electron chi connectivity index (χ2n) is 7.03. The summed E-state index contributed by atoms with van der Waals surface area (Å²) in [7, 11) is 0. The Labute approximate surface area is 148 Å². The molecule has 2 aliphatic rings. The Bertz CT molecular complexity index is 834. The topological polar surface area (TPSA) is 145 Å². The van der Waals surface area contributed by atoms with E-state index in [-0.39, 0.29) is 24.9 Å². The van der Waals surface area contributed by atoms with E-state index < -0.39 is 34.9 Å². The van der Waals surface area contributed by atoms with Crippen molar-refractivity contribution in [1.29, 1.82) is 5.26 Å². The van der Waals surface area contributed by atoms with Crippen molar-refractivity contribution in [2.45, 2.75) is 49.9 Å². The summed E-state index contributed by atoms with van der Waals surface area (Å²) in [5.41, 5.74) is -3.23. The van der Waals surface area contributed by atoms with Crippen molar-refractivity contribution in [2.75, 3.05) is 6.61 Å². The van der Waals surface area contributed by atoms with Crippen LogP contribution in [0.2, 0.25) is 0 Å². The molecule has 26 heavy (non-hydrogen) atoms. The van der Waals surface area contributed by atoms with Gasteiger partial charge in [0.15, 0.2) is 5.54 Å². The predicted octanol–water partition coefficient (Wildman–Crippen LogP) is -0.769. The van der Waals surface area contributed by atoms with Gasteiger partial charge in [0, 0.05) is 18.2 Å². The highest BCUT2D eigenvalue weighted by Gasteiger charge is 2.55. The molecule has 2 saturated carbocycles. The maximum absolute atomic E-state index is 12.1. The van der Waals surface area contributed by atoms with Gasteiger partial charge in [-0.05, 0) is 19.3 Å². The summed E-state index contributed by atoms with van der Waals surface area (Å²) in [4.78, 5) is 37.4. The van der Waals surface area contributed by atoms with Crippen LogP contribution in [-0.4, -0.2) is 44.5 Å². The fourth-order valence-corrected chi connectivity index (χ4v) is 3.95. The molecule has 0 aromatic carbocycles. The van der Waals surface area contributed by atoms with Gasteiger partial charge in [-0.15, -0.1) is 0 Å². The Morgan fingerprint density at radius 2 is 2.08 bits per heavy atom. The first kappa shape index (κ1) is 18.4. The zero-order valence-electron chi connectivity index (χ0n) is 14.1. The van der Waals surface area contributed by atoms with Crippen LogP contribution in [0.4, 0.5) is 0 Å². The predicted molar refractivity (Wildman–Crippen MR) is 87.9 cm³/mol. The van der Waals surface area contributed by atoms with E-state index in [0.29, 0.717) is 0 Å². The number of aromatic nitrogens is 2. The SMILES string of the molecule is N#C[C@@]1(n2ccc(=O)[nH]c2=O)C[C@H](COC(=O)C2CCCC2)C(O)C1O. The average Bonchev–Trinajstić information content (AvgIpc) is 3.23. The van der Waals surface area contributed by atoms with Crippen molar-refractivity contribution in [3.63, 3.8) is 0 Å². The smallest absolute Gasteiger partial charge is 0.329 e. The van der Waals surface area contributed by atoms with Crippen LogP contribution >= 0.6 is 0 Å². The fourth-order valence-electron chi connectivity index (χ4n) is 3.95. The van der Waals surface area contributed by atoms with E-state index in [1.807, 2.05) is 11.1 Å². The van der Waals surface area contributed by atoms with Crippen LogP contribution in [-0.2, 0) is 15.1 Å². The summed E-state index contributed by atoms with van der Waals surface area (Å²) in [5.74, 6) is -1.17. The normalized spacial score (nSPS) is 31.7. The number of nitrogens with zero attached hydrogens (tertiary/aromatic N) is 2. The van der Waals surface area contributed by atoms with Crippen LogP contribution in [0.3, 0.4) is 0 Å². The van der Waals surface area contributed by atoms with Gasteiger partial charge in [0.05, 0.1) is 24.7 Å². The van der Waals surface area contributed by atoms with E-state index in [0.717, 1.165) is 42.5 Å². The first-order valence-electron chi connectivity index (χ1n) is 8.65. The van der Waals surface area contributed by atoms with Gasteiger partial charge >= 0.3 is 11.7 Å². The number of aromatic amines is 1. The molecule has 0 radical (unpaired) electrons. The first-order chi connectivity index (χ1) is 12.4. The zero-order chi connectivity index (χ0) is 18.9. The molecule has 4 atom stereocenters. The number of hydrogen-bond donors (Lipinski definition) is 3. The molecule has 0 spiro atoms. The molecule has 0 aliphatic heterocycles. The Morgan fingerprint density at radius 3 is 2.69 bits per heavy atom. The summed E-state index contributed by atoms with van der Waals surface area (Å²) >= 11 is 0. The third-order valence-electron chi connectivity index (χ3n) is 5.44. The highest BCUT2D eigenvalue weighted by molar-refractivity contribution is 5.72. The molecular formula is C17H21N3O6. The van der Waals surface area contributed by atoms with Crippen molar-refractivity contribution < 1.29 is 19.7 Å². The van der Waals surface area contributed by atoms with Crippen molar-refractivity contribution in [1.82, 2.24) is 9.55 Å². The summed E-state index contributed by atoms with van der Waals surface area (Å²) in [6.07, 6.45) is 1.65. The number of hydrogen-bond acceptors (Lipinski definition) is 7. The Morgan fingerprint density at radius 1 is 1.38 bits per heavy atom. The molecule has 1 heterocycles. The highest BCUT2D eigenvalue weighted by Crippen LogP contribution is 2.40. The van der Waals surface area contributed by atoms with Gasteiger partial charge in [-0.1, -0.05) is 12.8 Å². The second-order valence-corrected chi connectivity index (χ2v) is 7.03. The van der Waals surface area contributed by atoms with Gasteiger partial charge in [-0.3, -0.25) is 19.1 Å². The van der Waals surface area contributed by atoms with Gasteiger partial charge in [-0.25, -0.2) is 4.79 Å². The molecule has 0 bridgehead atoms. The van der Waals surface area contributed by atoms with Crippen LogP contribution in [0, 0.1) is 23.2 Å². The van der Waals surface area contributed by atoms with E-state index in [1.54, 1.807) is 0 Å². The fraction of sp³-hybridized carbons (Fsp3) is 0.647. The maximum atomic E-state index is 12.1. The molecule has 3 rings (SSSR count). The number of H-pyrrole nitrogens is 1. The van der Waals surface area contributed by atoms with Crippen LogP contribution < -0.4 is 11.2 Å². The van der Waals surface area contributed by atoms with E-state index in [2.05, 4.69) is 0 Å². The van der Waals surface area contributed by atoms with Crippen molar-refractivity contribution >= 4 is 5.97 Å². The second kappa shape index (κ2) is 7.05. The number of ether oxygens (including phenoxy) is 1. The summed E-state index contributed by atoms with van der Waals surface area (Å²) < 4.78 is 6.20. The van der Waals surface area contributed by atoms with Gasteiger partial charge < -0.3 is 14.9 Å². The molecule has 1 aromatic heterocycles. The first-order valence-corrected chi connectivity index (χ1v) is 8.65. The summed E-state index contributed by atoms with van der Waals surface area (Å²) in [5, 5.41) is 30.4.